The van der Waals surface area contributed by atoms with E-state index in [9.17, 15) is 14.4 Å². The summed E-state index contributed by atoms with van der Waals surface area (Å²) in [6, 6.07) is 6.98. The first kappa shape index (κ1) is 20.9. The highest BCUT2D eigenvalue weighted by molar-refractivity contribution is 6.10. The molecule has 0 spiro atoms. The van der Waals surface area contributed by atoms with Crippen LogP contribution in [0, 0.1) is 5.92 Å². The first-order valence-electron chi connectivity index (χ1n) is 9.81. The first-order valence-corrected chi connectivity index (χ1v) is 9.81. The van der Waals surface area contributed by atoms with Gasteiger partial charge in [0.2, 0.25) is 0 Å². The lowest BCUT2D eigenvalue weighted by Gasteiger charge is -2.15. The zero-order valence-electron chi connectivity index (χ0n) is 16.3. The SMILES string of the molecule is CCCCC(CC)COC(=O)c1ccc(N/C=C2\CCC(=O)CC2=O)cc1. The van der Waals surface area contributed by atoms with Crippen LogP contribution in [0.5, 0.6) is 0 Å². The average Bonchev–Trinajstić information content (AvgIpc) is 2.67. The summed E-state index contributed by atoms with van der Waals surface area (Å²) in [5, 5.41) is 3.06. The lowest BCUT2D eigenvalue weighted by Crippen LogP contribution is -2.17. The van der Waals surface area contributed by atoms with Crippen molar-refractivity contribution in [2.24, 2.45) is 5.92 Å². The smallest absolute Gasteiger partial charge is 0.338 e. The molecule has 1 N–H and O–H groups in total. The molecule has 0 aromatic heterocycles. The maximum absolute atomic E-state index is 12.2. The Kier molecular flexibility index (Phi) is 8.24. The van der Waals surface area contributed by atoms with Crippen molar-refractivity contribution in [3.05, 3.63) is 41.6 Å². The maximum atomic E-state index is 12.2. The number of anilines is 1. The van der Waals surface area contributed by atoms with Gasteiger partial charge in [-0.25, -0.2) is 4.79 Å². The molecular weight excluding hydrogens is 342 g/mol. The Hall–Kier alpha value is -2.43. The quantitative estimate of drug-likeness (QED) is 0.388. The number of carbonyl (C=O) groups is 3. The molecule has 1 fully saturated rings. The standard InChI is InChI=1S/C22H29NO4/c1-3-5-6-16(4-2)15-27-22(26)17-7-10-19(11-8-17)23-14-18-9-12-20(24)13-21(18)25/h7-8,10-11,14,16,23H,3-6,9,12-13,15H2,1-2H3/b18-14+. The van der Waals surface area contributed by atoms with E-state index in [4.69, 9.17) is 4.74 Å². The number of carbonyl (C=O) groups excluding carboxylic acids is 3. The second kappa shape index (κ2) is 10.7. The molecule has 1 aromatic carbocycles. The average molecular weight is 371 g/mol. The number of esters is 1. The molecule has 1 atom stereocenters. The van der Waals surface area contributed by atoms with Crippen LogP contribution in [0.25, 0.3) is 0 Å². The third-order valence-corrected chi connectivity index (χ3v) is 4.92. The van der Waals surface area contributed by atoms with E-state index in [1.54, 1.807) is 30.5 Å². The van der Waals surface area contributed by atoms with Crippen molar-refractivity contribution in [1.29, 1.82) is 0 Å². The van der Waals surface area contributed by atoms with Crippen LogP contribution < -0.4 is 5.32 Å². The number of ketones is 2. The lowest BCUT2D eigenvalue weighted by molar-refractivity contribution is -0.126. The summed E-state index contributed by atoms with van der Waals surface area (Å²) in [4.78, 5) is 35.2. The highest BCUT2D eigenvalue weighted by atomic mass is 16.5. The highest BCUT2D eigenvalue weighted by Gasteiger charge is 2.20. The van der Waals surface area contributed by atoms with E-state index in [0.29, 0.717) is 36.5 Å². The summed E-state index contributed by atoms with van der Waals surface area (Å²) in [5.74, 6) is -0.00952. The maximum Gasteiger partial charge on any atom is 0.338 e. The third kappa shape index (κ3) is 6.66. The van der Waals surface area contributed by atoms with Crippen molar-refractivity contribution in [3.8, 4) is 0 Å². The van der Waals surface area contributed by atoms with E-state index in [1.165, 1.54) is 0 Å². The number of hydrogen-bond donors (Lipinski definition) is 1. The van der Waals surface area contributed by atoms with Crippen LogP contribution in [0.15, 0.2) is 36.0 Å². The van der Waals surface area contributed by atoms with Gasteiger partial charge in [-0.2, -0.15) is 0 Å². The number of Topliss-reactive ketones (excluding diaryl/α,β-unsaturated/α-hetero) is 2. The van der Waals surface area contributed by atoms with Gasteiger partial charge in [0.15, 0.2) is 5.78 Å². The Morgan fingerprint density at radius 3 is 2.56 bits per heavy atom. The molecule has 1 saturated carbocycles. The molecule has 0 aliphatic heterocycles. The van der Waals surface area contributed by atoms with Crippen molar-refractivity contribution in [3.63, 3.8) is 0 Å². The van der Waals surface area contributed by atoms with Crippen molar-refractivity contribution in [2.75, 3.05) is 11.9 Å². The van der Waals surface area contributed by atoms with E-state index in [-0.39, 0.29) is 24.0 Å². The van der Waals surface area contributed by atoms with E-state index < -0.39 is 0 Å². The Morgan fingerprint density at radius 1 is 1.19 bits per heavy atom. The van der Waals surface area contributed by atoms with Crippen LogP contribution in [0.4, 0.5) is 5.69 Å². The predicted octanol–water partition coefficient (Wildman–Crippen LogP) is 4.68. The Bertz CT molecular complexity index is 691. The minimum absolute atomic E-state index is 0.0000199. The summed E-state index contributed by atoms with van der Waals surface area (Å²) in [6.07, 6.45) is 6.94. The molecule has 5 nitrogen and oxygen atoms in total. The van der Waals surface area contributed by atoms with Gasteiger partial charge in [0.05, 0.1) is 18.6 Å². The number of nitrogens with one attached hydrogen (secondary N) is 1. The van der Waals surface area contributed by atoms with Gasteiger partial charge in [-0.1, -0.05) is 33.1 Å². The van der Waals surface area contributed by atoms with Gasteiger partial charge in [0.25, 0.3) is 0 Å². The third-order valence-electron chi connectivity index (χ3n) is 4.92. The van der Waals surface area contributed by atoms with Crippen LogP contribution in [0.3, 0.4) is 0 Å². The second-order valence-corrected chi connectivity index (χ2v) is 7.04. The molecule has 1 aromatic rings. The molecule has 27 heavy (non-hydrogen) atoms. The molecule has 0 radical (unpaired) electrons. The van der Waals surface area contributed by atoms with E-state index >= 15 is 0 Å². The van der Waals surface area contributed by atoms with Crippen LogP contribution in [-0.4, -0.2) is 24.1 Å². The number of hydrogen-bond acceptors (Lipinski definition) is 5. The molecular formula is C22H29NO4. The fourth-order valence-electron chi connectivity index (χ4n) is 3.00. The van der Waals surface area contributed by atoms with Crippen LogP contribution in [-0.2, 0) is 14.3 Å². The number of allylic oxidation sites excluding steroid dienone is 1. The molecule has 0 saturated heterocycles. The Labute approximate surface area is 161 Å². The van der Waals surface area contributed by atoms with Crippen molar-refractivity contribution >= 4 is 23.2 Å². The van der Waals surface area contributed by atoms with Crippen molar-refractivity contribution < 1.29 is 19.1 Å². The van der Waals surface area contributed by atoms with Gasteiger partial charge in [0, 0.05) is 23.9 Å². The van der Waals surface area contributed by atoms with Crippen LogP contribution in [0.2, 0.25) is 0 Å². The van der Waals surface area contributed by atoms with E-state index in [2.05, 4.69) is 19.2 Å². The minimum Gasteiger partial charge on any atom is -0.462 e. The van der Waals surface area contributed by atoms with E-state index in [1.807, 2.05) is 0 Å². The fraction of sp³-hybridized carbons (Fsp3) is 0.500. The molecule has 1 aliphatic carbocycles. The molecule has 0 heterocycles. The molecule has 1 aliphatic rings. The van der Waals surface area contributed by atoms with Gasteiger partial charge in [-0.05, 0) is 43.0 Å². The van der Waals surface area contributed by atoms with Crippen molar-refractivity contribution in [2.45, 2.75) is 58.8 Å². The number of ether oxygens (including phenoxy) is 1. The zero-order valence-corrected chi connectivity index (χ0v) is 16.3. The minimum atomic E-state index is -0.309. The Balaban J connectivity index is 1.86. The lowest BCUT2D eigenvalue weighted by atomic mass is 9.93. The monoisotopic (exact) mass is 371 g/mol. The summed E-state index contributed by atoms with van der Waals surface area (Å²) >= 11 is 0. The molecule has 0 bridgehead atoms. The molecule has 5 heteroatoms. The van der Waals surface area contributed by atoms with Gasteiger partial charge in [-0.15, -0.1) is 0 Å². The molecule has 1 unspecified atom stereocenters. The number of benzene rings is 1. The largest absolute Gasteiger partial charge is 0.462 e. The zero-order chi connectivity index (χ0) is 19.6. The Morgan fingerprint density at radius 2 is 1.93 bits per heavy atom. The number of rotatable bonds is 9. The summed E-state index contributed by atoms with van der Waals surface area (Å²) < 4.78 is 5.45. The van der Waals surface area contributed by atoms with Gasteiger partial charge < -0.3 is 10.1 Å². The van der Waals surface area contributed by atoms with Gasteiger partial charge >= 0.3 is 5.97 Å². The molecule has 146 valence electrons. The highest BCUT2D eigenvalue weighted by Crippen LogP contribution is 2.19. The van der Waals surface area contributed by atoms with Crippen LogP contribution >= 0.6 is 0 Å². The predicted molar refractivity (Wildman–Crippen MR) is 106 cm³/mol. The van der Waals surface area contributed by atoms with Crippen LogP contribution in [0.1, 0.15) is 69.2 Å². The summed E-state index contributed by atoms with van der Waals surface area (Å²) in [5.41, 5.74) is 1.92. The number of unbranched alkanes of at least 4 members (excludes halogenated alkanes) is 1. The molecule has 0 amide bonds. The second-order valence-electron chi connectivity index (χ2n) is 7.04. The van der Waals surface area contributed by atoms with E-state index in [0.717, 1.165) is 31.4 Å². The van der Waals surface area contributed by atoms with Gasteiger partial charge in [0.1, 0.15) is 5.78 Å². The van der Waals surface area contributed by atoms with Crippen molar-refractivity contribution in [1.82, 2.24) is 0 Å². The first-order chi connectivity index (χ1) is 13.0. The fourth-order valence-corrected chi connectivity index (χ4v) is 3.00. The normalized spacial score (nSPS) is 17.0. The summed E-state index contributed by atoms with van der Waals surface area (Å²) in [7, 11) is 0. The summed E-state index contributed by atoms with van der Waals surface area (Å²) in [6.45, 7) is 4.74. The molecule has 2 rings (SSSR count). The van der Waals surface area contributed by atoms with Gasteiger partial charge in [-0.3, -0.25) is 9.59 Å². The topological polar surface area (TPSA) is 72.5 Å².